The quantitative estimate of drug-likeness (QED) is 0.699. The lowest BCUT2D eigenvalue weighted by Gasteiger charge is -2.27. The molecule has 2 fully saturated rings. The first-order valence-electron chi connectivity index (χ1n) is 9.82. The first kappa shape index (κ1) is 21.8. The monoisotopic (exact) mass is 422 g/mol. The molecule has 0 unspecified atom stereocenters. The van der Waals surface area contributed by atoms with Crippen LogP contribution in [0, 0.1) is 11.7 Å². The Labute approximate surface area is 174 Å². The summed E-state index contributed by atoms with van der Waals surface area (Å²) in [5, 5.41) is 3.93. The van der Waals surface area contributed by atoms with Crippen LogP contribution in [0.2, 0.25) is 0 Å². The van der Waals surface area contributed by atoms with Gasteiger partial charge >= 0.3 is 6.09 Å². The lowest BCUT2D eigenvalue weighted by molar-refractivity contribution is -0.187. The van der Waals surface area contributed by atoms with Crippen LogP contribution in [0.1, 0.15) is 20.8 Å². The minimum absolute atomic E-state index is 0.0935. The molecule has 1 aromatic carbocycles. The molecular weight excluding hydrogens is 395 g/mol. The van der Waals surface area contributed by atoms with Gasteiger partial charge in [0.05, 0.1) is 37.6 Å². The predicted molar refractivity (Wildman–Crippen MR) is 107 cm³/mol. The second-order valence-electron chi connectivity index (χ2n) is 7.67. The number of hydrogen-bond acceptors (Lipinski definition) is 6. The maximum Gasteiger partial charge on any atom is 0.414 e. The minimum atomic E-state index is -0.579. The molecule has 3 amide bonds. The van der Waals surface area contributed by atoms with E-state index < -0.39 is 18.0 Å². The first-order valence-corrected chi connectivity index (χ1v) is 9.82. The maximum absolute atomic E-state index is 14.9. The molecule has 3 rings (SSSR count). The summed E-state index contributed by atoms with van der Waals surface area (Å²) in [6.07, 6.45) is -1.07. The number of amides is 3. The average Bonchev–Trinajstić information content (AvgIpc) is 3.23. The Morgan fingerprint density at radius 2 is 2.03 bits per heavy atom. The van der Waals surface area contributed by atoms with E-state index in [-0.39, 0.29) is 36.9 Å². The van der Waals surface area contributed by atoms with Crippen LogP contribution in [0.25, 0.3) is 0 Å². The molecule has 2 saturated heterocycles. The van der Waals surface area contributed by atoms with Crippen LogP contribution in [0.15, 0.2) is 18.2 Å². The molecule has 0 radical (unpaired) electrons. The summed E-state index contributed by atoms with van der Waals surface area (Å²) in [5.74, 6) is -0.787. The number of halogens is 1. The SMILES string of the molecule is CON(C(C)=O)[C@H]1CN(c2ccc(N3C[C@H](CNC(C)=O)OC3=O)cc2F)C[C@H]1C. The zero-order chi connectivity index (χ0) is 22.0. The van der Waals surface area contributed by atoms with Crippen LogP contribution in [0.3, 0.4) is 0 Å². The topological polar surface area (TPSA) is 91.4 Å². The van der Waals surface area contributed by atoms with Crippen LogP contribution in [0.5, 0.6) is 0 Å². The summed E-state index contributed by atoms with van der Waals surface area (Å²) in [4.78, 5) is 43.4. The van der Waals surface area contributed by atoms with Crippen molar-refractivity contribution in [3.63, 3.8) is 0 Å². The number of carbonyl (C=O) groups excluding carboxylic acids is 3. The van der Waals surface area contributed by atoms with Gasteiger partial charge in [-0.1, -0.05) is 6.92 Å². The molecule has 0 spiro atoms. The predicted octanol–water partition coefficient (Wildman–Crippen LogP) is 1.52. The van der Waals surface area contributed by atoms with Gasteiger partial charge in [0.2, 0.25) is 11.8 Å². The molecule has 30 heavy (non-hydrogen) atoms. The van der Waals surface area contributed by atoms with Crippen molar-refractivity contribution in [2.45, 2.75) is 32.9 Å². The summed E-state index contributed by atoms with van der Waals surface area (Å²) in [7, 11) is 1.44. The lowest BCUT2D eigenvalue weighted by Crippen LogP contribution is -2.42. The molecule has 0 bridgehead atoms. The fourth-order valence-electron chi connectivity index (χ4n) is 3.97. The molecule has 2 heterocycles. The van der Waals surface area contributed by atoms with Crippen LogP contribution in [0.4, 0.5) is 20.6 Å². The van der Waals surface area contributed by atoms with Gasteiger partial charge in [-0.3, -0.25) is 19.3 Å². The Kier molecular flexibility index (Phi) is 6.45. The summed E-state index contributed by atoms with van der Waals surface area (Å²) < 4.78 is 20.2. The number of hydroxylamine groups is 2. The molecule has 2 aliphatic rings. The number of hydrogen-bond donors (Lipinski definition) is 1. The smallest absolute Gasteiger partial charge is 0.414 e. The number of rotatable bonds is 6. The zero-order valence-electron chi connectivity index (χ0n) is 17.6. The molecule has 2 aliphatic heterocycles. The van der Waals surface area contributed by atoms with Crippen molar-refractivity contribution in [2.24, 2.45) is 5.92 Å². The number of cyclic esters (lactones) is 1. The number of nitrogens with one attached hydrogen (secondary N) is 1. The van der Waals surface area contributed by atoms with E-state index in [4.69, 9.17) is 9.57 Å². The van der Waals surface area contributed by atoms with E-state index in [0.717, 1.165) is 0 Å². The molecule has 10 heteroatoms. The van der Waals surface area contributed by atoms with Gasteiger partial charge in [0.25, 0.3) is 0 Å². The van der Waals surface area contributed by atoms with Crippen molar-refractivity contribution in [2.75, 3.05) is 43.1 Å². The first-order chi connectivity index (χ1) is 14.2. The minimum Gasteiger partial charge on any atom is -0.442 e. The van der Waals surface area contributed by atoms with Crippen molar-refractivity contribution >= 4 is 29.3 Å². The number of anilines is 2. The van der Waals surface area contributed by atoms with Gasteiger partial charge in [-0.05, 0) is 24.1 Å². The summed E-state index contributed by atoms with van der Waals surface area (Å²) in [5.41, 5.74) is 0.785. The largest absolute Gasteiger partial charge is 0.442 e. The Balaban J connectivity index is 1.71. The van der Waals surface area contributed by atoms with Crippen LogP contribution >= 0.6 is 0 Å². The summed E-state index contributed by atoms with van der Waals surface area (Å²) in [6.45, 7) is 6.24. The highest BCUT2D eigenvalue weighted by Crippen LogP contribution is 2.32. The Morgan fingerprint density at radius 3 is 2.63 bits per heavy atom. The van der Waals surface area contributed by atoms with Gasteiger partial charge < -0.3 is 15.0 Å². The van der Waals surface area contributed by atoms with E-state index in [9.17, 15) is 18.8 Å². The molecule has 0 aromatic heterocycles. The van der Waals surface area contributed by atoms with E-state index in [0.29, 0.717) is 24.5 Å². The van der Waals surface area contributed by atoms with Crippen molar-refractivity contribution in [1.29, 1.82) is 0 Å². The highest BCUT2D eigenvalue weighted by molar-refractivity contribution is 5.90. The standard InChI is InChI=1S/C20H27FN4O5/c1-12-9-23(11-19(12)25(29-4)14(3)27)18-6-5-15(7-17(18)21)24-10-16(30-20(24)28)8-22-13(2)26/h5-7,12,16,19H,8-11H2,1-4H3,(H,22,26)/t12-,16+,19+/m1/s1. The number of benzene rings is 1. The summed E-state index contributed by atoms with van der Waals surface area (Å²) in [6, 6.07) is 4.40. The van der Waals surface area contributed by atoms with E-state index >= 15 is 0 Å². The van der Waals surface area contributed by atoms with Crippen LogP contribution < -0.4 is 15.1 Å². The maximum atomic E-state index is 14.9. The van der Waals surface area contributed by atoms with Gasteiger partial charge in [-0.2, -0.15) is 0 Å². The molecule has 164 valence electrons. The van der Waals surface area contributed by atoms with Gasteiger partial charge in [-0.15, -0.1) is 0 Å². The van der Waals surface area contributed by atoms with Crippen molar-refractivity contribution < 1.29 is 28.3 Å². The third-order valence-electron chi connectivity index (χ3n) is 5.42. The average molecular weight is 422 g/mol. The van der Waals surface area contributed by atoms with Crippen LogP contribution in [-0.4, -0.2) is 68.4 Å². The van der Waals surface area contributed by atoms with Gasteiger partial charge in [0.1, 0.15) is 11.9 Å². The van der Waals surface area contributed by atoms with Gasteiger partial charge in [0.15, 0.2) is 0 Å². The highest BCUT2D eigenvalue weighted by Gasteiger charge is 2.37. The van der Waals surface area contributed by atoms with E-state index in [1.165, 1.54) is 37.0 Å². The summed E-state index contributed by atoms with van der Waals surface area (Å²) >= 11 is 0. The number of ether oxygens (including phenoxy) is 1. The number of nitrogens with zero attached hydrogens (tertiary/aromatic N) is 3. The third kappa shape index (κ3) is 4.48. The Hall–Kier alpha value is -2.88. The molecule has 0 saturated carbocycles. The third-order valence-corrected chi connectivity index (χ3v) is 5.42. The molecule has 3 atom stereocenters. The molecule has 0 aliphatic carbocycles. The second kappa shape index (κ2) is 8.86. The molecule has 1 aromatic rings. The van der Waals surface area contributed by atoms with E-state index in [2.05, 4.69) is 5.32 Å². The van der Waals surface area contributed by atoms with E-state index in [1.54, 1.807) is 12.1 Å². The fourth-order valence-corrected chi connectivity index (χ4v) is 3.97. The lowest BCUT2D eigenvalue weighted by atomic mass is 10.1. The van der Waals surface area contributed by atoms with Gasteiger partial charge in [-0.25, -0.2) is 14.2 Å². The van der Waals surface area contributed by atoms with E-state index in [1.807, 2.05) is 11.8 Å². The van der Waals surface area contributed by atoms with Crippen molar-refractivity contribution in [3.8, 4) is 0 Å². The normalized spacial score (nSPS) is 23.5. The van der Waals surface area contributed by atoms with Crippen molar-refractivity contribution in [1.82, 2.24) is 10.4 Å². The molecular formula is C20H27FN4O5. The van der Waals surface area contributed by atoms with Crippen molar-refractivity contribution in [3.05, 3.63) is 24.0 Å². The Bertz CT molecular complexity index is 835. The number of carbonyl (C=O) groups is 3. The molecule has 9 nitrogen and oxygen atoms in total. The molecule has 1 N–H and O–H groups in total. The Morgan fingerprint density at radius 1 is 1.30 bits per heavy atom. The van der Waals surface area contributed by atoms with Crippen LogP contribution in [-0.2, 0) is 19.2 Å². The highest BCUT2D eigenvalue weighted by atomic mass is 19.1. The van der Waals surface area contributed by atoms with Gasteiger partial charge in [0, 0.05) is 26.9 Å². The zero-order valence-corrected chi connectivity index (χ0v) is 17.6. The second-order valence-corrected chi connectivity index (χ2v) is 7.67. The fraction of sp³-hybridized carbons (Fsp3) is 0.550.